The molecule has 0 radical (unpaired) electrons. The van der Waals surface area contributed by atoms with Gasteiger partial charge in [0.15, 0.2) is 0 Å². The molecule has 0 amide bonds. The fraction of sp³-hybridized carbons (Fsp3) is 0.600. The number of H-pyrrole nitrogens is 1. The van der Waals surface area contributed by atoms with Crippen molar-refractivity contribution in [1.29, 1.82) is 0 Å². The van der Waals surface area contributed by atoms with E-state index in [0.29, 0.717) is 5.69 Å². The molecule has 1 rings (SSSR count). The van der Waals surface area contributed by atoms with E-state index < -0.39 is 0 Å². The predicted octanol–water partition coefficient (Wildman–Crippen LogP) is 0.463. The predicted molar refractivity (Wildman–Crippen MR) is 32.0 cm³/mol. The number of aromatic nitrogens is 3. The van der Waals surface area contributed by atoms with Gasteiger partial charge in [-0.05, 0) is 6.42 Å². The molecule has 1 aromatic heterocycles. The van der Waals surface area contributed by atoms with E-state index in [2.05, 4.69) is 15.4 Å². The summed E-state index contributed by atoms with van der Waals surface area (Å²) in [6, 6.07) is 0. The average molecular weight is 127 g/mol. The van der Waals surface area contributed by atoms with E-state index in [9.17, 15) is 0 Å². The van der Waals surface area contributed by atoms with E-state index in [4.69, 9.17) is 5.11 Å². The number of nitrogens with one attached hydrogen (secondary N) is 1. The highest BCUT2D eigenvalue weighted by Crippen LogP contribution is 2.08. The number of aromatic amines is 1. The maximum Gasteiger partial charge on any atom is 0.230 e. The van der Waals surface area contributed by atoms with Crippen molar-refractivity contribution < 1.29 is 5.11 Å². The fourth-order valence-electron chi connectivity index (χ4n) is 0.650. The van der Waals surface area contributed by atoms with Crippen molar-refractivity contribution in [3.8, 4) is 5.88 Å². The SMILES string of the molecule is CCCc1nn[nH]c1O. The Morgan fingerprint density at radius 2 is 2.44 bits per heavy atom. The van der Waals surface area contributed by atoms with Gasteiger partial charge in [0.05, 0.1) is 0 Å². The third-order valence-corrected chi connectivity index (χ3v) is 1.09. The molecule has 0 saturated carbocycles. The summed E-state index contributed by atoms with van der Waals surface area (Å²) < 4.78 is 0. The molecular formula is C5H9N3O. The topological polar surface area (TPSA) is 61.8 Å². The Hall–Kier alpha value is -1.06. The first-order chi connectivity index (χ1) is 4.34. The summed E-state index contributed by atoms with van der Waals surface area (Å²) in [6.45, 7) is 2.02. The number of aromatic hydroxyl groups is 1. The largest absolute Gasteiger partial charge is 0.492 e. The summed E-state index contributed by atoms with van der Waals surface area (Å²) in [5.41, 5.74) is 0.650. The van der Waals surface area contributed by atoms with Gasteiger partial charge in [-0.3, -0.25) is 0 Å². The highest BCUT2D eigenvalue weighted by atomic mass is 16.3. The van der Waals surface area contributed by atoms with Gasteiger partial charge in [-0.2, -0.15) is 0 Å². The van der Waals surface area contributed by atoms with E-state index in [-0.39, 0.29) is 5.88 Å². The van der Waals surface area contributed by atoms with Crippen LogP contribution in [0.2, 0.25) is 0 Å². The van der Waals surface area contributed by atoms with E-state index in [1.54, 1.807) is 0 Å². The summed E-state index contributed by atoms with van der Waals surface area (Å²) in [4.78, 5) is 0. The summed E-state index contributed by atoms with van der Waals surface area (Å²) in [5.74, 6) is 0.0943. The Morgan fingerprint density at radius 1 is 1.67 bits per heavy atom. The van der Waals surface area contributed by atoms with Crippen LogP contribution in [0.4, 0.5) is 0 Å². The van der Waals surface area contributed by atoms with Gasteiger partial charge in [-0.25, -0.2) is 5.10 Å². The molecule has 0 unspecified atom stereocenters. The average Bonchev–Trinajstić information content (AvgIpc) is 2.18. The van der Waals surface area contributed by atoms with Gasteiger partial charge >= 0.3 is 0 Å². The van der Waals surface area contributed by atoms with Crippen molar-refractivity contribution in [2.45, 2.75) is 19.8 Å². The number of hydrogen-bond donors (Lipinski definition) is 2. The van der Waals surface area contributed by atoms with E-state index >= 15 is 0 Å². The Morgan fingerprint density at radius 3 is 2.89 bits per heavy atom. The summed E-state index contributed by atoms with van der Waals surface area (Å²) in [7, 11) is 0. The highest BCUT2D eigenvalue weighted by molar-refractivity contribution is 5.12. The molecule has 0 aliphatic rings. The first-order valence-corrected chi connectivity index (χ1v) is 2.93. The summed E-state index contributed by atoms with van der Waals surface area (Å²) >= 11 is 0. The second kappa shape index (κ2) is 2.48. The third-order valence-electron chi connectivity index (χ3n) is 1.09. The van der Waals surface area contributed by atoms with Crippen LogP contribution >= 0.6 is 0 Å². The molecule has 1 heterocycles. The Kier molecular flexibility index (Phi) is 1.67. The summed E-state index contributed by atoms with van der Waals surface area (Å²) in [5, 5.41) is 18.3. The van der Waals surface area contributed by atoms with Crippen molar-refractivity contribution in [2.24, 2.45) is 0 Å². The van der Waals surface area contributed by atoms with Crippen molar-refractivity contribution in [2.75, 3.05) is 0 Å². The number of rotatable bonds is 2. The summed E-state index contributed by atoms with van der Waals surface area (Å²) in [6.07, 6.45) is 1.75. The van der Waals surface area contributed by atoms with Gasteiger partial charge in [-0.15, -0.1) is 5.10 Å². The van der Waals surface area contributed by atoms with E-state index in [1.165, 1.54) is 0 Å². The highest BCUT2D eigenvalue weighted by Gasteiger charge is 2.01. The maximum atomic E-state index is 8.90. The molecule has 4 heteroatoms. The smallest absolute Gasteiger partial charge is 0.230 e. The van der Waals surface area contributed by atoms with Gasteiger partial charge in [-0.1, -0.05) is 18.6 Å². The van der Waals surface area contributed by atoms with Crippen molar-refractivity contribution in [1.82, 2.24) is 15.4 Å². The minimum Gasteiger partial charge on any atom is -0.492 e. The van der Waals surface area contributed by atoms with Crippen LogP contribution in [0.3, 0.4) is 0 Å². The Labute approximate surface area is 52.9 Å². The monoisotopic (exact) mass is 127 g/mol. The third kappa shape index (κ3) is 1.19. The zero-order valence-electron chi connectivity index (χ0n) is 5.26. The number of aryl methyl sites for hydroxylation is 1. The lowest BCUT2D eigenvalue weighted by Crippen LogP contribution is -1.82. The van der Waals surface area contributed by atoms with E-state index in [1.807, 2.05) is 6.92 Å². The van der Waals surface area contributed by atoms with Gasteiger partial charge in [0.1, 0.15) is 5.69 Å². The van der Waals surface area contributed by atoms with Crippen LogP contribution in [-0.2, 0) is 6.42 Å². The van der Waals surface area contributed by atoms with Gasteiger partial charge in [0.25, 0.3) is 0 Å². The lowest BCUT2D eigenvalue weighted by atomic mass is 10.3. The molecule has 0 fully saturated rings. The minimum atomic E-state index is 0.0943. The Bertz CT molecular complexity index is 184. The van der Waals surface area contributed by atoms with Crippen molar-refractivity contribution in [3.63, 3.8) is 0 Å². The molecule has 0 aliphatic carbocycles. The molecule has 0 atom stereocenters. The molecular weight excluding hydrogens is 118 g/mol. The van der Waals surface area contributed by atoms with Crippen LogP contribution in [0.5, 0.6) is 5.88 Å². The van der Waals surface area contributed by atoms with Crippen molar-refractivity contribution in [3.05, 3.63) is 5.69 Å². The zero-order valence-corrected chi connectivity index (χ0v) is 5.26. The molecule has 0 saturated heterocycles. The number of nitrogens with zero attached hydrogens (tertiary/aromatic N) is 2. The lowest BCUT2D eigenvalue weighted by molar-refractivity contribution is 0.445. The first kappa shape index (κ1) is 6.07. The molecule has 1 aromatic rings. The standard InChI is InChI=1S/C5H9N3O/c1-2-3-4-5(9)7-8-6-4/h2-3H2,1H3,(H2,6,7,8,9). The molecule has 4 nitrogen and oxygen atoms in total. The zero-order chi connectivity index (χ0) is 6.69. The first-order valence-electron chi connectivity index (χ1n) is 2.93. The molecule has 0 spiro atoms. The molecule has 0 aromatic carbocycles. The van der Waals surface area contributed by atoms with Gasteiger partial charge in [0, 0.05) is 0 Å². The van der Waals surface area contributed by atoms with Crippen LogP contribution < -0.4 is 0 Å². The van der Waals surface area contributed by atoms with Crippen LogP contribution in [-0.4, -0.2) is 20.5 Å². The number of hydrogen-bond acceptors (Lipinski definition) is 3. The van der Waals surface area contributed by atoms with Gasteiger partial charge in [0.2, 0.25) is 5.88 Å². The van der Waals surface area contributed by atoms with Gasteiger partial charge < -0.3 is 5.11 Å². The van der Waals surface area contributed by atoms with E-state index in [0.717, 1.165) is 12.8 Å². The lowest BCUT2D eigenvalue weighted by Gasteiger charge is -1.87. The second-order valence-electron chi connectivity index (χ2n) is 1.86. The molecule has 0 bridgehead atoms. The quantitative estimate of drug-likeness (QED) is 0.606. The van der Waals surface area contributed by atoms with Crippen LogP contribution in [0, 0.1) is 0 Å². The van der Waals surface area contributed by atoms with Crippen molar-refractivity contribution >= 4 is 0 Å². The molecule has 50 valence electrons. The van der Waals surface area contributed by atoms with Crippen LogP contribution in [0.1, 0.15) is 19.0 Å². The molecule has 2 N–H and O–H groups in total. The molecule has 9 heavy (non-hydrogen) atoms. The Balaban J connectivity index is 2.69. The second-order valence-corrected chi connectivity index (χ2v) is 1.86. The minimum absolute atomic E-state index is 0.0943. The van der Waals surface area contributed by atoms with Crippen LogP contribution in [0.25, 0.3) is 0 Å². The molecule has 0 aliphatic heterocycles. The normalized spacial score (nSPS) is 9.89. The fourth-order valence-corrected chi connectivity index (χ4v) is 0.650. The van der Waals surface area contributed by atoms with Crippen LogP contribution in [0.15, 0.2) is 0 Å². The maximum absolute atomic E-state index is 8.90.